The number of rotatable bonds is 12. The predicted octanol–water partition coefficient (Wildman–Crippen LogP) is 10.4. The number of halogens is 2. The van der Waals surface area contributed by atoms with Crippen molar-refractivity contribution >= 4 is 112 Å². The smallest absolute Gasteiger partial charge is 0.414 e. The second-order valence-electron chi connectivity index (χ2n) is 18.3. The third-order valence-corrected chi connectivity index (χ3v) is 16.1. The van der Waals surface area contributed by atoms with Gasteiger partial charge in [-0.3, -0.25) is 9.80 Å². The minimum atomic E-state index is -1.82. The zero-order chi connectivity index (χ0) is 53.1. The molecule has 0 radical (unpaired) electrons. The number of H-pyrrole nitrogens is 2. The van der Waals surface area contributed by atoms with E-state index < -0.39 is 36.1 Å². The van der Waals surface area contributed by atoms with Crippen molar-refractivity contribution in [2.75, 3.05) is 39.4 Å². The minimum absolute atomic E-state index is 0.300. The Hall–Kier alpha value is -6.22. The number of β-amino-alcohol motifs (C(OH)–C–C–N with tert-alkyl or cyclic N) is 2. The molecule has 0 saturated carbocycles. The number of aliphatic hydroxyl groups excluding tert-OH is 2. The van der Waals surface area contributed by atoms with Crippen molar-refractivity contribution in [3.05, 3.63) is 129 Å². The van der Waals surface area contributed by atoms with Gasteiger partial charge in [0.15, 0.2) is 0 Å². The van der Waals surface area contributed by atoms with E-state index in [1.165, 1.54) is 29.9 Å². The van der Waals surface area contributed by atoms with Crippen molar-refractivity contribution in [2.45, 2.75) is 75.7 Å². The van der Waals surface area contributed by atoms with Crippen LogP contribution in [0.25, 0.3) is 42.0 Å². The molecule has 392 valence electrons. The third-order valence-electron chi connectivity index (χ3n) is 13.1. The summed E-state index contributed by atoms with van der Waals surface area (Å²) in [6, 6.07) is 33.7. The Balaban J connectivity index is 0.000000177. The number of aliphatic hydroxyl groups is 2. The number of carboxylic acids is 4. The summed E-state index contributed by atoms with van der Waals surface area (Å²) in [6.07, 6.45) is 7.23. The summed E-state index contributed by atoms with van der Waals surface area (Å²) in [5, 5.41) is 57.1. The second kappa shape index (κ2) is 25.8. The summed E-state index contributed by atoms with van der Waals surface area (Å²) >= 11 is 16.0. The van der Waals surface area contributed by atoms with Crippen molar-refractivity contribution < 1.29 is 59.3 Å². The average Bonchev–Trinajstić information content (AvgIpc) is 4.21. The van der Waals surface area contributed by atoms with Crippen molar-refractivity contribution in [1.29, 1.82) is 0 Å². The molecular formula is C54H58Cl2N4O12S2. The van der Waals surface area contributed by atoms with Crippen LogP contribution in [0, 0.1) is 0 Å². The first-order valence-corrected chi connectivity index (χ1v) is 26.3. The summed E-state index contributed by atoms with van der Waals surface area (Å²) in [7, 11) is 0. The van der Waals surface area contributed by atoms with Crippen LogP contribution in [0.3, 0.4) is 0 Å². The molecule has 2 saturated heterocycles. The lowest BCUT2D eigenvalue weighted by Gasteiger charge is -2.38. The highest BCUT2D eigenvalue weighted by atomic mass is 35.5. The van der Waals surface area contributed by atoms with Gasteiger partial charge in [0.2, 0.25) is 0 Å². The van der Waals surface area contributed by atoms with Gasteiger partial charge in [0.1, 0.15) is 36.9 Å². The lowest BCUT2D eigenvalue weighted by molar-refractivity contribution is -0.159. The number of likely N-dealkylation sites (tertiary alicyclic amines) is 2. The van der Waals surface area contributed by atoms with Gasteiger partial charge in [0.05, 0.1) is 0 Å². The number of thiophene rings is 2. The van der Waals surface area contributed by atoms with Crippen LogP contribution in [0.4, 0.5) is 0 Å². The van der Waals surface area contributed by atoms with Crippen molar-refractivity contribution in [3.8, 4) is 11.5 Å². The molecule has 0 unspecified atom stereocenters. The number of hydrogen-bond acceptors (Lipinski definition) is 12. The summed E-state index contributed by atoms with van der Waals surface area (Å²) < 4.78 is 14.4. The van der Waals surface area contributed by atoms with Gasteiger partial charge in [-0.15, -0.1) is 22.7 Å². The van der Waals surface area contributed by atoms with E-state index in [-0.39, 0.29) is 0 Å². The molecule has 0 bridgehead atoms. The number of hydrogen-bond donors (Lipinski definition) is 8. The molecule has 4 aromatic carbocycles. The number of benzene rings is 4. The highest BCUT2D eigenvalue weighted by Gasteiger charge is 2.30. The summed E-state index contributed by atoms with van der Waals surface area (Å²) in [5.41, 5.74) is 2.09. The predicted molar refractivity (Wildman–Crippen MR) is 290 cm³/mol. The van der Waals surface area contributed by atoms with Gasteiger partial charge < -0.3 is 50.1 Å². The molecule has 0 amide bonds. The zero-order valence-corrected chi connectivity index (χ0v) is 43.7. The average molecular weight is 1090 g/mol. The van der Waals surface area contributed by atoms with Gasteiger partial charge in [0.25, 0.3) is 0 Å². The first-order chi connectivity index (χ1) is 35.4. The molecule has 2 fully saturated rings. The number of fused-ring (bicyclic) bond motifs is 4. The molecule has 4 aromatic heterocycles. The Morgan fingerprint density at radius 1 is 0.595 bits per heavy atom. The van der Waals surface area contributed by atoms with Crippen LogP contribution in [-0.2, 0) is 19.2 Å². The van der Waals surface area contributed by atoms with Gasteiger partial charge in [-0.1, -0.05) is 47.5 Å². The van der Waals surface area contributed by atoms with Crippen molar-refractivity contribution in [3.63, 3.8) is 0 Å². The quantitative estimate of drug-likeness (QED) is 0.0531. The molecule has 0 aliphatic carbocycles. The standard InChI is InChI=1S/2C25H27ClN2O2S.2C2H2O4/c2*1-16-11-18(24-12-17-5-6-19(26)13-25(17)31-24)8-10-28(16)14-20(29)15-30-23-4-2-3-22-21(23)7-9-27-22;2*3-1(4)2(5)6/h2*2-7,9,12-13,16,18,20,27,29H,8,10-11,14-15H2,1H3;2*(H,3,4)(H,5,6)/t16-,18+,20+;16-,18+,20-;;/m10../s1. The highest BCUT2D eigenvalue weighted by molar-refractivity contribution is 7.19. The fourth-order valence-corrected chi connectivity index (χ4v) is 12.3. The molecule has 20 heteroatoms. The number of nitrogens with one attached hydrogen (secondary N) is 2. The van der Waals surface area contributed by atoms with E-state index in [0.29, 0.717) is 50.2 Å². The Kier molecular flexibility index (Phi) is 19.4. The van der Waals surface area contributed by atoms with E-state index >= 15 is 0 Å². The molecule has 6 heterocycles. The largest absolute Gasteiger partial charge is 0.490 e. The molecule has 8 aromatic rings. The molecule has 2 aliphatic heterocycles. The van der Waals surface area contributed by atoms with Gasteiger partial charge in [-0.05, 0) is 148 Å². The van der Waals surface area contributed by atoms with Crippen LogP contribution >= 0.6 is 45.9 Å². The first-order valence-electron chi connectivity index (χ1n) is 23.9. The SMILES string of the molecule is C[C@@H]1C[C@@H](c2cc3ccc(Cl)cc3s2)CCN1C[C@H](O)COc1cccc2[nH]ccc12.C[C@H]1C[C@H](c2cc3ccc(Cl)cc3s2)CCN1C[C@H](O)COc1cccc2[nH]ccc12.O=C(O)C(=O)O.O=C(O)C(=O)O. The third kappa shape index (κ3) is 15.0. The molecule has 0 spiro atoms. The van der Waals surface area contributed by atoms with E-state index in [9.17, 15) is 10.2 Å². The fraction of sp³-hybridized carbons (Fsp3) is 0.333. The Morgan fingerprint density at radius 3 is 1.35 bits per heavy atom. The number of aromatic nitrogens is 2. The van der Waals surface area contributed by atoms with E-state index in [1.54, 1.807) is 0 Å². The Labute approximate surface area is 444 Å². The van der Waals surface area contributed by atoms with Gasteiger partial charge >= 0.3 is 23.9 Å². The van der Waals surface area contributed by atoms with Gasteiger partial charge in [0, 0.05) is 88.6 Å². The highest BCUT2D eigenvalue weighted by Crippen LogP contribution is 2.41. The number of aromatic amines is 2. The number of ether oxygens (including phenoxy) is 2. The van der Waals surface area contributed by atoms with Crippen LogP contribution in [0.15, 0.2) is 109 Å². The monoisotopic (exact) mass is 1090 g/mol. The van der Waals surface area contributed by atoms with Crippen molar-refractivity contribution in [2.24, 2.45) is 0 Å². The summed E-state index contributed by atoms with van der Waals surface area (Å²) in [5.74, 6) is -4.53. The van der Waals surface area contributed by atoms with Crippen LogP contribution in [0.1, 0.15) is 61.1 Å². The van der Waals surface area contributed by atoms with E-state index in [4.69, 9.17) is 72.3 Å². The number of carboxylic acid groups (broad SMARTS) is 4. The Bertz CT molecular complexity index is 2960. The second-order valence-corrected chi connectivity index (χ2v) is 21.4. The van der Waals surface area contributed by atoms with Crippen LogP contribution in [0.2, 0.25) is 10.0 Å². The number of piperidine rings is 2. The van der Waals surface area contributed by atoms with Gasteiger partial charge in [-0.2, -0.15) is 0 Å². The molecule has 2 aliphatic rings. The normalized spacial score (nSPS) is 18.8. The van der Waals surface area contributed by atoms with Crippen LogP contribution in [0.5, 0.6) is 11.5 Å². The summed E-state index contributed by atoms with van der Waals surface area (Å²) in [6.45, 7) is 8.39. The maximum Gasteiger partial charge on any atom is 0.414 e. The fourth-order valence-electron chi connectivity index (χ4n) is 9.34. The molecule has 16 nitrogen and oxygen atoms in total. The van der Waals surface area contributed by atoms with E-state index in [1.807, 2.05) is 95.7 Å². The van der Waals surface area contributed by atoms with Crippen LogP contribution < -0.4 is 9.47 Å². The molecule has 8 N–H and O–H groups in total. The topological polar surface area (TPSA) is 246 Å². The number of nitrogens with zero attached hydrogens (tertiary/aromatic N) is 2. The Morgan fingerprint density at radius 2 is 0.986 bits per heavy atom. The maximum atomic E-state index is 10.6. The van der Waals surface area contributed by atoms with Crippen molar-refractivity contribution in [1.82, 2.24) is 19.8 Å². The molecule has 6 atom stereocenters. The number of carbonyl (C=O) groups is 4. The van der Waals surface area contributed by atoms with E-state index in [2.05, 4.69) is 70.0 Å². The maximum absolute atomic E-state index is 10.6. The molecule has 10 rings (SSSR count). The summed E-state index contributed by atoms with van der Waals surface area (Å²) in [4.78, 5) is 50.5. The van der Waals surface area contributed by atoms with Crippen LogP contribution in [-0.4, -0.2) is 138 Å². The lowest BCUT2D eigenvalue weighted by atomic mass is 9.90. The minimum Gasteiger partial charge on any atom is -0.490 e. The molecule has 74 heavy (non-hydrogen) atoms. The lowest BCUT2D eigenvalue weighted by Crippen LogP contribution is -2.45. The zero-order valence-electron chi connectivity index (χ0n) is 40.5. The molecular weight excluding hydrogens is 1030 g/mol. The first kappa shape index (κ1) is 55.5. The van der Waals surface area contributed by atoms with E-state index in [0.717, 1.165) is 82.1 Å². The number of aliphatic carboxylic acids is 4. The van der Waals surface area contributed by atoms with Gasteiger partial charge in [-0.25, -0.2) is 19.2 Å².